The van der Waals surface area contributed by atoms with Crippen LogP contribution in [0.15, 0.2) is 11.6 Å². The highest BCUT2D eigenvalue weighted by molar-refractivity contribution is 9.18. The van der Waals surface area contributed by atoms with Crippen molar-refractivity contribution in [3.8, 4) is 0 Å². The molecule has 8 atom stereocenters. The molecule has 0 aromatic heterocycles. The number of carbonyl (C=O) groups is 1. The van der Waals surface area contributed by atoms with Gasteiger partial charge in [0.05, 0.1) is 0 Å². The molecule has 3 fully saturated rings. The van der Waals surface area contributed by atoms with E-state index in [0.29, 0.717) is 16.7 Å². The molecule has 0 amide bonds. The van der Waals surface area contributed by atoms with Gasteiger partial charge in [-0.2, -0.15) is 0 Å². The summed E-state index contributed by atoms with van der Waals surface area (Å²) in [7, 11) is 0. The molecule has 176 valence electrons. The molecule has 4 aliphatic carbocycles. The Morgan fingerprint density at radius 1 is 1.06 bits per heavy atom. The van der Waals surface area contributed by atoms with Crippen LogP contribution in [0, 0.1) is 52.3 Å². The van der Waals surface area contributed by atoms with E-state index in [9.17, 15) is 4.79 Å². The van der Waals surface area contributed by atoms with Gasteiger partial charge in [0.1, 0.15) is 0 Å². The molecule has 0 N–H and O–H groups in total. The van der Waals surface area contributed by atoms with E-state index < -0.39 is 0 Å². The largest absolute Gasteiger partial charge is 0.287 e. The van der Waals surface area contributed by atoms with E-state index in [0.717, 1.165) is 41.9 Å². The minimum Gasteiger partial charge on any atom is -0.287 e. The van der Waals surface area contributed by atoms with Crippen LogP contribution in [0.5, 0.6) is 0 Å². The Hall–Kier alpha value is -0.110. The topological polar surface area (TPSA) is 17.1 Å². The molecule has 31 heavy (non-hydrogen) atoms. The molecule has 0 aromatic rings. The molecule has 0 saturated heterocycles. The van der Waals surface area contributed by atoms with Gasteiger partial charge in [-0.05, 0) is 120 Å². The Bertz CT molecular complexity index is 695. The Balaban J connectivity index is 1.47. The summed E-state index contributed by atoms with van der Waals surface area (Å²) in [5.74, 6) is 6.01. The highest BCUT2D eigenvalue weighted by atomic mass is 79.9. The van der Waals surface area contributed by atoms with Gasteiger partial charge in [-0.25, -0.2) is 0 Å². The van der Waals surface area contributed by atoms with E-state index in [1.165, 1.54) is 70.6 Å². The van der Waals surface area contributed by atoms with Gasteiger partial charge in [0, 0.05) is 6.42 Å². The van der Waals surface area contributed by atoms with Crippen LogP contribution in [0.25, 0.3) is 0 Å². The molecule has 4 aliphatic rings. The number of allylic oxidation sites excluding steroid dienone is 2. The molecule has 0 aromatic carbocycles. The third kappa shape index (κ3) is 4.50. The third-order valence-electron chi connectivity index (χ3n) is 10.9. The SMILES string of the molecule is CC(C)CCC[C@@H](C)[C@H]1CCC2C3CC=C4CC(CC(=O)Br)CC[C@]4(C)C3CC[C@@]21C. The summed E-state index contributed by atoms with van der Waals surface area (Å²) < 4.78 is 0.198. The Morgan fingerprint density at radius 2 is 1.84 bits per heavy atom. The molecule has 0 spiro atoms. The highest BCUT2D eigenvalue weighted by Gasteiger charge is 2.59. The van der Waals surface area contributed by atoms with Gasteiger partial charge >= 0.3 is 0 Å². The van der Waals surface area contributed by atoms with Crippen LogP contribution < -0.4 is 0 Å². The average Bonchev–Trinajstić information content (AvgIpc) is 3.05. The summed E-state index contributed by atoms with van der Waals surface area (Å²) in [4.78, 5) is 11.6. The maximum Gasteiger partial charge on any atom is 0.198 e. The normalized spacial score (nSPS) is 43.1. The van der Waals surface area contributed by atoms with Gasteiger partial charge < -0.3 is 0 Å². The summed E-state index contributed by atoms with van der Waals surface area (Å²) in [5.41, 5.74) is 2.72. The zero-order valence-electron chi connectivity index (χ0n) is 20.9. The van der Waals surface area contributed by atoms with Crippen LogP contribution in [0.3, 0.4) is 0 Å². The molecule has 4 rings (SSSR count). The monoisotopic (exact) mass is 490 g/mol. The predicted molar refractivity (Wildman–Crippen MR) is 135 cm³/mol. The van der Waals surface area contributed by atoms with E-state index in [-0.39, 0.29) is 4.69 Å². The van der Waals surface area contributed by atoms with Crippen LogP contribution >= 0.6 is 15.9 Å². The second-order valence-electron chi connectivity index (χ2n) is 13.0. The number of hydrogen-bond donors (Lipinski definition) is 0. The minimum absolute atomic E-state index is 0.198. The van der Waals surface area contributed by atoms with Crippen LogP contribution in [0.4, 0.5) is 0 Å². The lowest BCUT2D eigenvalue weighted by molar-refractivity contribution is -0.111. The van der Waals surface area contributed by atoms with Crippen molar-refractivity contribution >= 4 is 20.6 Å². The smallest absolute Gasteiger partial charge is 0.198 e. The number of hydrogen-bond acceptors (Lipinski definition) is 1. The van der Waals surface area contributed by atoms with E-state index >= 15 is 0 Å². The summed E-state index contributed by atoms with van der Waals surface area (Å²) in [6, 6.07) is 0. The fourth-order valence-electron chi connectivity index (χ4n) is 9.16. The van der Waals surface area contributed by atoms with Crippen molar-refractivity contribution in [3.63, 3.8) is 0 Å². The lowest BCUT2D eigenvalue weighted by Gasteiger charge is -2.58. The molecular formula is C29H47BrO. The number of fused-ring (bicyclic) bond motifs is 5. The Labute approximate surface area is 200 Å². The average molecular weight is 492 g/mol. The van der Waals surface area contributed by atoms with Gasteiger partial charge in [-0.3, -0.25) is 4.79 Å². The minimum atomic E-state index is 0.198. The number of carbonyl (C=O) groups excluding carboxylic acids is 1. The molecule has 0 heterocycles. The summed E-state index contributed by atoms with van der Waals surface area (Å²) in [6.45, 7) is 12.6. The molecule has 3 saturated carbocycles. The molecule has 1 nitrogen and oxygen atoms in total. The second-order valence-corrected chi connectivity index (χ2v) is 13.8. The maximum absolute atomic E-state index is 11.6. The zero-order chi connectivity index (χ0) is 22.4. The van der Waals surface area contributed by atoms with Crippen molar-refractivity contribution in [2.75, 3.05) is 0 Å². The van der Waals surface area contributed by atoms with Crippen molar-refractivity contribution in [1.82, 2.24) is 0 Å². The van der Waals surface area contributed by atoms with Crippen LogP contribution in [-0.4, -0.2) is 4.69 Å². The highest BCUT2D eigenvalue weighted by Crippen LogP contribution is 2.67. The molecular weight excluding hydrogens is 444 g/mol. The quantitative estimate of drug-likeness (QED) is 0.257. The standard InChI is InChI=1S/C29H47BrO/c1-19(2)7-6-8-20(3)24-11-12-25-23-10-9-22-17-21(18-27(30)31)13-15-28(22,4)26(23)14-16-29(24,25)5/h9,19-21,23-26H,6-8,10-18H2,1-5H3/t20-,21?,23?,24-,25?,26?,28+,29-/m1/s1. The summed E-state index contributed by atoms with van der Waals surface area (Å²) in [5, 5.41) is 0. The molecule has 0 aliphatic heterocycles. The van der Waals surface area contributed by atoms with Crippen LogP contribution in [-0.2, 0) is 4.79 Å². The van der Waals surface area contributed by atoms with Crippen molar-refractivity contribution in [1.29, 1.82) is 0 Å². The van der Waals surface area contributed by atoms with Gasteiger partial charge in [0.2, 0.25) is 0 Å². The maximum atomic E-state index is 11.6. The van der Waals surface area contributed by atoms with E-state index in [1.807, 2.05) is 0 Å². The fourth-order valence-corrected chi connectivity index (χ4v) is 9.62. The molecule has 4 unspecified atom stereocenters. The van der Waals surface area contributed by atoms with Gasteiger partial charge in [0.15, 0.2) is 4.69 Å². The first kappa shape index (κ1) is 24.0. The first-order chi connectivity index (χ1) is 14.6. The zero-order valence-corrected chi connectivity index (χ0v) is 22.5. The fraction of sp³-hybridized carbons (Fsp3) is 0.897. The van der Waals surface area contributed by atoms with Gasteiger partial charge in [-0.15, -0.1) is 0 Å². The van der Waals surface area contributed by atoms with Crippen LogP contribution in [0.1, 0.15) is 112 Å². The predicted octanol–water partition coefficient (Wildman–Crippen LogP) is 8.96. The van der Waals surface area contributed by atoms with Crippen molar-refractivity contribution in [3.05, 3.63) is 11.6 Å². The van der Waals surface area contributed by atoms with E-state index in [4.69, 9.17) is 0 Å². The van der Waals surface area contributed by atoms with E-state index in [2.05, 4.69) is 56.6 Å². The van der Waals surface area contributed by atoms with Gasteiger partial charge in [0.25, 0.3) is 0 Å². The Kier molecular flexibility index (Phi) is 7.18. The van der Waals surface area contributed by atoms with Crippen molar-refractivity contribution in [2.24, 2.45) is 52.3 Å². The first-order valence-corrected chi connectivity index (χ1v) is 14.3. The molecule has 0 radical (unpaired) electrons. The van der Waals surface area contributed by atoms with Crippen LogP contribution in [0.2, 0.25) is 0 Å². The molecule has 2 heteroatoms. The van der Waals surface area contributed by atoms with E-state index in [1.54, 1.807) is 5.57 Å². The lowest BCUT2D eigenvalue weighted by atomic mass is 9.46. The van der Waals surface area contributed by atoms with Gasteiger partial charge in [-0.1, -0.05) is 65.5 Å². The Morgan fingerprint density at radius 3 is 2.55 bits per heavy atom. The third-order valence-corrected chi connectivity index (χ3v) is 11.2. The second kappa shape index (κ2) is 9.27. The lowest BCUT2D eigenvalue weighted by Crippen LogP contribution is -2.50. The molecule has 0 bridgehead atoms. The van der Waals surface area contributed by atoms with Crippen molar-refractivity contribution in [2.45, 2.75) is 112 Å². The van der Waals surface area contributed by atoms with Crippen molar-refractivity contribution < 1.29 is 4.79 Å². The number of rotatable bonds is 7. The summed E-state index contributed by atoms with van der Waals surface area (Å²) >= 11 is 3.18. The summed E-state index contributed by atoms with van der Waals surface area (Å²) in [6.07, 6.45) is 18.6. The first-order valence-electron chi connectivity index (χ1n) is 13.5. The number of halogens is 1.